The van der Waals surface area contributed by atoms with Crippen molar-refractivity contribution in [2.75, 3.05) is 5.88 Å². The van der Waals surface area contributed by atoms with Gasteiger partial charge < -0.3 is 0 Å². The predicted octanol–water partition coefficient (Wildman–Crippen LogP) is 4.27. The fourth-order valence-corrected chi connectivity index (χ4v) is 1.72. The third-order valence-electron chi connectivity index (χ3n) is 2.29. The van der Waals surface area contributed by atoms with E-state index in [0.717, 1.165) is 0 Å². The number of hydrogen-bond acceptors (Lipinski definition) is 0. The van der Waals surface area contributed by atoms with Gasteiger partial charge in [-0.1, -0.05) is 55.3 Å². The van der Waals surface area contributed by atoms with Crippen LogP contribution in [0.5, 0.6) is 0 Å². The molecule has 0 nitrogen and oxygen atoms in total. The maximum absolute atomic E-state index is 5.88. The molecular weight excluding hydrogens is 192 g/mol. The molecule has 0 radical (unpaired) electrons. The van der Waals surface area contributed by atoms with Gasteiger partial charge in [-0.05, 0) is 18.4 Å². The molecule has 0 aliphatic carbocycles. The van der Waals surface area contributed by atoms with Crippen LogP contribution in [0.25, 0.3) is 6.08 Å². The van der Waals surface area contributed by atoms with Crippen LogP contribution in [-0.4, -0.2) is 5.88 Å². The molecule has 0 saturated carbocycles. The van der Waals surface area contributed by atoms with Gasteiger partial charge in [-0.15, -0.1) is 11.6 Å². The zero-order valence-corrected chi connectivity index (χ0v) is 9.81. The minimum absolute atomic E-state index is 0.521. The zero-order valence-electron chi connectivity index (χ0n) is 9.05. The molecule has 0 heterocycles. The molecule has 76 valence electrons. The van der Waals surface area contributed by atoms with Crippen molar-refractivity contribution in [3.8, 4) is 0 Å². The van der Waals surface area contributed by atoms with Gasteiger partial charge in [-0.3, -0.25) is 0 Å². The van der Waals surface area contributed by atoms with E-state index in [2.05, 4.69) is 51.1 Å². The first-order chi connectivity index (χ1) is 6.63. The first-order valence-electron chi connectivity index (χ1n) is 4.96. The Balaban J connectivity index is 2.94. The number of hydrogen-bond donors (Lipinski definition) is 0. The Morgan fingerprint density at radius 2 is 2.14 bits per heavy atom. The SMILES string of the molecule is Cc1cccc(C=C(CCl)C(C)C)c1. The molecule has 0 aliphatic heterocycles. The Hall–Kier alpha value is -0.750. The van der Waals surface area contributed by atoms with Crippen LogP contribution in [0.2, 0.25) is 0 Å². The van der Waals surface area contributed by atoms with E-state index in [9.17, 15) is 0 Å². The number of aryl methyl sites for hydroxylation is 1. The predicted molar refractivity (Wildman–Crippen MR) is 64.7 cm³/mol. The summed E-state index contributed by atoms with van der Waals surface area (Å²) in [5.41, 5.74) is 3.82. The molecule has 0 aromatic heterocycles. The van der Waals surface area contributed by atoms with Crippen LogP contribution in [0.15, 0.2) is 29.8 Å². The standard InChI is InChI=1S/C13H17Cl/c1-10(2)13(9-14)8-12-6-4-5-11(3)7-12/h4-8,10H,9H2,1-3H3. The average molecular weight is 209 g/mol. The minimum Gasteiger partial charge on any atom is -0.122 e. The minimum atomic E-state index is 0.521. The van der Waals surface area contributed by atoms with Crippen LogP contribution in [0.1, 0.15) is 25.0 Å². The van der Waals surface area contributed by atoms with E-state index in [1.165, 1.54) is 16.7 Å². The zero-order chi connectivity index (χ0) is 10.6. The normalized spacial score (nSPS) is 12.2. The molecule has 0 bridgehead atoms. The summed E-state index contributed by atoms with van der Waals surface area (Å²) in [7, 11) is 0. The lowest BCUT2D eigenvalue weighted by Gasteiger charge is -2.07. The van der Waals surface area contributed by atoms with Crippen LogP contribution in [0.3, 0.4) is 0 Å². The largest absolute Gasteiger partial charge is 0.122 e. The monoisotopic (exact) mass is 208 g/mol. The molecule has 0 aliphatic rings. The molecule has 0 spiro atoms. The molecule has 0 unspecified atom stereocenters. The second kappa shape index (κ2) is 5.21. The smallest absolute Gasteiger partial charge is 0.0439 e. The Kier molecular flexibility index (Phi) is 4.21. The number of alkyl halides is 1. The molecule has 0 atom stereocenters. The van der Waals surface area contributed by atoms with Crippen LogP contribution in [-0.2, 0) is 0 Å². The molecule has 14 heavy (non-hydrogen) atoms. The molecule has 0 saturated heterocycles. The van der Waals surface area contributed by atoms with Crippen molar-refractivity contribution in [1.29, 1.82) is 0 Å². The highest BCUT2D eigenvalue weighted by atomic mass is 35.5. The van der Waals surface area contributed by atoms with Crippen LogP contribution in [0.4, 0.5) is 0 Å². The van der Waals surface area contributed by atoms with Gasteiger partial charge in [0.25, 0.3) is 0 Å². The molecule has 1 aromatic carbocycles. The van der Waals surface area contributed by atoms with Gasteiger partial charge in [0.05, 0.1) is 0 Å². The first kappa shape index (κ1) is 11.3. The number of allylic oxidation sites excluding steroid dienone is 1. The van der Waals surface area contributed by atoms with Crippen LogP contribution >= 0.6 is 11.6 Å². The summed E-state index contributed by atoms with van der Waals surface area (Å²) in [6.45, 7) is 6.45. The van der Waals surface area contributed by atoms with Crippen molar-refractivity contribution in [3.05, 3.63) is 41.0 Å². The Bertz CT molecular complexity index is 324. The van der Waals surface area contributed by atoms with E-state index in [4.69, 9.17) is 11.6 Å². The van der Waals surface area contributed by atoms with Gasteiger partial charge in [0, 0.05) is 5.88 Å². The Morgan fingerprint density at radius 3 is 2.64 bits per heavy atom. The summed E-state index contributed by atoms with van der Waals surface area (Å²) in [5.74, 6) is 1.14. The van der Waals surface area contributed by atoms with E-state index < -0.39 is 0 Å². The molecule has 1 heteroatoms. The summed E-state index contributed by atoms with van der Waals surface area (Å²) in [6, 6.07) is 8.47. The molecule has 0 N–H and O–H groups in total. The molecule has 0 amide bonds. The van der Waals surface area contributed by atoms with Crippen molar-refractivity contribution < 1.29 is 0 Å². The number of benzene rings is 1. The molecule has 1 rings (SSSR count). The molecule has 0 fully saturated rings. The van der Waals surface area contributed by atoms with E-state index in [1.54, 1.807) is 0 Å². The second-order valence-corrected chi connectivity index (χ2v) is 4.19. The Labute approximate surface area is 91.6 Å². The van der Waals surface area contributed by atoms with E-state index in [1.807, 2.05) is 0 Å². The lowest BCUT2D eigenvalue weighted by Crippen LogP contribution is -1.95. The molecule has 1 aromatic rings. The first-order valence-corrected chi connectivity index (χ1v) is 5.50. The van der Waals surface area contributed by atoms with Gasteiger partial charge in [0.1, 0.15) is 0 Å². The fraction of sp³-hybridized carbons (Fsp3) is 0.385. The second-order valence-electron chi connectivity index (χ2n) is 3.92. The fourth-order valence-electron chi connectivity index (χ4n) is 1.33. The van der Waals surface area contributed by atoms with Gasteiger partial charge in [-0.2, -0.15) is 0 Å². The third-order valence-corrected chi connectivity index (χ3v) is 2.60. The number of rotatable bonds is 3. The highest BCUT2D eigenvalue weighted by molar-refractivity contribution is 6.19. The number of halogens is 1. The van der Waals surface area contributed by atoms with Gasteiger partial charge in [-0.25, -0.2) is 0 Å². The van der Waals surface area contributed by atoms with Gasteiger partial charge in [0.15, 0.2) is 0 Å². The lowest BCUT2D eigenvalue weighted by molar-refractivity contribution is 0.778. The summed E-state index contributed by atoms with van der Waals surface area (Å²) in [6.07, 6.45) is 2.19. The van der Waals surface area contributed by atoms with Crippen molar-refractivity contribution in [3.63, 3.8) is 0 Å². The van der Waals surface area contributed by atoms with Crippen LogP contribution in [0, 0.1) is 12.8 Å². The summed E-state index contributed by atoms with van der Waals surface area (Å²) in [4.78, 5) is 0. The van der Waals surface area contributed by atoms with Crippen LogP contribution < -0.4 is 0 Å². The quantitative estimate of drug-likeness (QED) is 0.651. The van der Waals surface area contributed by atoms with Crippen molar-refractivity contribution >= 4 is 17.7 Å². The topological polar surface area (TPSA) is 0 Å². The highest BCUT2D eigenvalue weighted by Gasteiger charge is 2.01. The Morgan fingerprint density at radius 1 is 1.43 bits per heavy atom. The maximum Gasteiger partial charge on any atom is 0.0439 e. The third kappa shape index (κ3) is 3.19. The maximum atomic E-state index is 5.88. The van der Waals surface area contributed by atoms with E-state index in [0.29, 0.717) is 11.8 Å². The highest BCUT2D eigenvalue weighted by Crippen LogP contribution is 2.16. The average Bonchev–Trinajstić information content (AvgIpc) is 2.14. The van der Waals surface area contributed by atoms with Crippen molar-refractivity contribution in [2.45, 2.75) is 20.8 Å². The summed E-state index contributed by atoms with van der Waals surface area (Å²) >= 11 is 5.88. The van der Waals surface area contributed by atoms with Crippen molar-refractivity contribution in [2.24, 2.45) is 5.92 Å². The lowest BCUT2D eigenvalue weighted by atomic mass is 10.0. The summed E-state index contributed by atoms with van der Waals surface area (Å²) < 4.78 is 0. The van der Waals surface area contributed by atoms with E-state index in [-0.39, 0.29) is 0 Å². The van der Waals surface area contributed by atoms with Gasteiger partial charge >= 0.3 is 0 Å². The van der Waals surface area contributed by atoms with Crippen molar-refractivity contribution in [1.82, 2.24) is 0 Å². The van der Waals surface area contributed by atoms with E-state index >= 15 is 0 Å². The van der Waals surface area contributed by atoms with Gasteiger partial charge in [0.2, 0.25) is 0 Å². The summed E-state index contributed by atoms with van der Waals surface area (Å²) in [5, 5.41) is 0. The molecular formula is C13H17Cl.